The zero-order valence-corrected chi connectivity index (χ0v) is 16.1. The second-order valence-electron chi connectivity index (χ2n) is 6.55. The van der Waals surface area contributed by atoms with Crippen LogP contribution in [0.5, 0.6) is 11.5 Å². The molecule has 28 heavy (non-hydrogen) atoms. The van der Waals surface area contributed by atoms with Crippen molar-refractivity contribution in [1.82, 2.24) is 4.90 Å². The first-order valence-electron chi connectivity index (χ1n) is 9.36. The van der Waals surface area contributed by atoms with Gasteiger partial charge >= 0.3 is 6.61 Å². The molecule has 0 aromatic heterocycles. The first kappa shape index (κ1) is 19.9. The summed E-state index contributed by atoms with van der Waals surface area (Å²) in [5.41, 5.74) is 1.63. The molecule has 0 radical (unpaired) electrons. The maximum Gasteiger partial charge on any atom is 0.387 e. The SMILES string of the molecule is CCOc1cccc([C@@H]2Nc3ccccc3C(=O)N2[C@H](C)CC)c1OC(F)F. The highest BCUT2D eigenvalue weighted by Crippen LogP contribution is 2.42. The van der Waals surface area contributed by atoms with Crippen LogP contribution in [0.1, 0.15) is 49.3 Å². The number of para-hydroxylation sites is 2. The number of benzene rings is 2. The van der Waals surface area contributed by atoms with Crippen LogP contribution in [0.3, 0.4) is 0 Å². The minimum Gasteiger partial charge on any atom is -0.490 e. The molecule has 2 atom stereocenters. The smallest absolute Gasteiger partial charge is 0.387 e. The third-order valence-corrected chi connectivity index (χ3v) is 4.84. The van der Waals surface area contributed by atoms with Gasteiger partial charge in [-0.3, -0.25) is 4.79 Å². The van der Waals surface area contributed by atoms with Crippen LogP contribution in [0.4, 0.5) is 14.5 Å². The van der Waals surface area contributed by atoms with Crippen molar-refractivity contribution in [2.45, 2.75) is 46.0 Å². The summed E-state index contributed by atoms with van der Waals surface area (Å²) in [7, 11) is 0. The fourth-order valence-corrected chi connectivity index (χ4v) is 3.38. The van der Waals surface area contributed by atoms with E-state index in [-0.39, 0.29) is 23.4 Å². The van der Waals surface area contributed by atoms with Gasteiger partial charge < -0.3 is 19.7 Å². The number of alkyl halides is 2. The quantitative estimate of drug-likeness (QED) is 0.719. The second-order valence-corrected chi connectivity index (χ2v) is 6.55. The summed E-state index contributed by atoms with van der Waals surface area (Å²) in [5, 5.41) is 3.32. The van der Waals surface area contributed by atoms with Gasteiger partial charge in [-0.2, -0.15) is 8.78 Å². The van der Waals surface area contributed by atoms with E-state index in [0.717, 1.165) is 0 Å². The Hall–Kier alpha value is -2.83. The first-order chi connectivity index (χ1) is 13.5. The Morgan fingerprint density at radius 2 is 1.89 bits per heavy atom. The van der Waals surface area contributed by atoms with Crippen molar-refractivity contribution in [1.29, 1.82) is 0 Å². The van der Waals surface area contributed by atoms with E-state index in [1.807, 2.05) is 19.9 Å². The number of rotatable bonds is 7. The highest BCUT2D eigenvalue weighted by molar-refractivity contribution is 6.02. The standard InChI is InChI=1S/C21H24F2N2O3/c1-4-13(3)25-19(24-16-11-7-6-9-14(16)20(25)26)15-10-8-12-17(27-5-2)18(15)28-21(22)23/h6-13,19,21,24H,4-5H2,1-3H3/t13-,19-/m1/s1. The van der Waals surface area contributed by atoms with Gasteiger partial charge in [0.1, 0.15) is 6.17 Å². The molecule has 3 rings (SSSR count). The lowest BCUT2D eigenvalue weighted by Crippen LogP contribution is -2.47. The molecule has 1 N–H and O–H groups in total. The highest BCUT2D eigenvalue weighted by atomic mass is 19.3. The van der Waals surface area contributed by atoms with Crippen molar-refractivity contribution in [3.05, 3.63) is 53.6 Å². The molecule has 0 bridgehead atoms. The van der Waals surface area contributed by atoms with E-state index in [4.69, 9.17) is 9.47 Å². The van der Waals surface area contributed by atoms with Gasteiger partial charge in [0, 0.05) is 17.3 Å². The summed E-state index contributed by atoms with van der Waals surface area (Å²) in [6, 6.07) is 12.0. The van der Waals surface area contributed by atoms with Crippen LogP contribution in [0.15, 0.2) is 42.5 Å². The Morgan fingerprint density at radius 1 is 1.14 bits per heavy atom. The summed E-state index contributed by atoms with van der Waals surface area (Å²) >= 11 is 0. The van der Waals surface area contributed by atoms with E-state index in [2.05, 4.69) is 5.32 Å². The van der Waals surface area contributed by atoms with Crippen LogP contribution >= 0.6 is 0 Å². The molecule has 0 saturated heterocycles. The molecule has 0 fully saturated rings. The average molecular weight is 390 g/mol. The normalized spacial score (nSPS) is 17.1. The largest absolute Gasteiger partial charge is 0.490 e. The van der Waals surface area contributed by atoms with Crippen molar-refractivity contribution in [3.63, 3.8) is 0 Å². The summed E-state index contributed by atoms with van der Waals surface area (Å²) < 4.78 is 36.6. The molecule has 0 saturated carbocycles. The van der Waals surface area contributed by atoms with Crippen LogP contribution in [-0.4, -0.2) is 30.1 Å². The molecular weight excluding hydrogens is 366 g/mol. The molecule has 7 heteroatoms. The van der Waals surface area contributed by atoms with Gasteiger partial charge in [0.05, 0.1) is 12.2 Å². The van der Waals surface area contributed by atoms with Crippen LogP contribution in [-0.2, 0) is 0 Å². The topological polar surface area (TPSA) is 50.8 Å². The van der Waals surface area contributed by atoms with Crippen molar-refractivity contribution < 1.29 is 23.0 Å². The Kier molecular flexibility index (Phi) is 6.02. The van der Waals surface area contributed by atoms with E-state index in [0.29, 0.717) is 29.8 Å². The minimum atomic E-state index is -3.01. The Labute approximate surface area is 163 Å². The third-order valence-electron chi connectivity index (χ3n) is 4.84. The molecular formula is C21H24F2N2O3. The van der Waals surface area contributed by atoms with Crippen molar-refractivity contribution >= 4 is 11.6 Å². The summed E-state index contributed by atoms with van der Waals surface area (Å²) in [5.74, 6) is 0.00773. The molecule has 0 aliphatic carbocycles. The predicted molar refractivity (Wildman–Crippen MR) is 103 cm³/mol. The van der Waals surface area contributed by atoms with Crippen molar-refractivity contribution in [2.75, 3.05) is 11.9 Å². The van der Waals surface area contributed by atoms with Gasteiger partial charge in [-0.1, -0.05) is 31.2 Å². The molecule has 1 aliphatic rings. The van der Waals surface area contributed by atoms with Gasteiger partial charge in [-0.25, -0.2) is 0 Å². The molecule has 0 spiro atoms. The van der Waals surface area contributed by atoms with E-state index >= 15 is 0 Å². The lowest BCUT2D eigenvalue weighted by atomic mass is 10.00. The molecule has 2 aromatic rings. The zero-order valence-electron chi connectivity index (χ0n) is 16.1. The van der Waals surface area contributed by atoms with E-state index in [9.17, 15) is 13.6 Å². The molecule has 150 valence electrons. The maximum atomic E-state index is 13.2. The number of halogens is 2. The molecule has 1 heterocycles. The highest BCUT2D eigenvalue weighted by Gasteiger charge is 2.37. The maximum absolute atomic E-state index is 13.2. The van der Waals surface area contributed by atoms with Crippen molar-refractivity contribution in [3.8, 4) is 11.5 Å². The number of hydrogen-bond donors (Lipinski definition) is 1. The van der Waals surface area contributed by atoms with Gasteiger partial charge in [0.2, 0.25) is 0 Å². The number of hydrogen-bond acceptors (Lipinski definition) is 4. The summed E-state index contributed by atoms with van der Waals surface area (Å²) in [6.45, 7) is 2.97. The molecule has 2 aromatic carbocycles. The van der Waals surface area contributed by atoms with Crippen LogP contribution in [0.2, 0.25) is 0 Å². The van der Waals surface area contributed by atoms with Crippen LogP contribution in [0, 0.1) is 0 Å². The molecule has 1 amide bonds. The van der Waals surface area contributed by atoms with Crippen molar-refractivity contribution in [2.24, 2.45) is 0 Å². The number of carbonyl (C=O) groups excluding carboxylic acids is 1. The molecule has 0 unspecified atom stereocenters. The number of amides is 1. The minimum absolute atomic E-state index is 0.0580. The number of ether oxygens (including phenoxy) is 2. The summed E-state index contributed by atoms with van der Waals surface area (Å²) in [4.78, 5) is 14.9. The predicted octanol–water partition coefficient (Wildman–Crippen LogP) is 5.05. The number of carbonyl (C=O) groups is 1. The van der Waals surface area contributed by atoms with Gasteiger partial charge in [-0.15, -0.1) is 0 Å². The lowest BCUT2D eigenvalue weighted by molar-refractivity contribution is -0.0526. The third kappa shape index (κ3) is 3.74. The number of nitrogens with zero attached hydrogens (tertiary/aromatic N) is 1. The summed E-state index contributed by atoms with van der Waals surface area (Å²) in [6.07, 6.45) is 0.0499. The Balaban J connectivity index is 2.14. The Morgan fingerprint density at radius 3 is 2.57 bits per heavy atom. The number of nitrogens with one attached hydrogen (secondary N) is 1. The fraction of sp³-hybridized carbons (Fsp3) is 0.381. The van der Waals surface area contributed by atoms with Gasteiger partial charge in [0.25, 0.3) is 5.91 Å². The monoisotopic (exact) mass is 390 g/mol. The van der Waals surface area contributed by atoms with Crippen LogP contribution in [0.25, 0.3) is 0 Å². The van der Waals surface area contributed by atoms with Gasteiger partial charge in [0.15, 0.2) is 11.5 Å². The van der Waals surface area contributed by atoms with Crippen LogP contribution < -0.4 is 14.8 Å². The lowest BCUT2D eigenvalue weighted by Gasteiger charge is -2.42. The number of fused-ring (bicyclic) bond motifs is 1. The second kappa shape index (κ2) is 8.46. The Bertz CT molecular complexity index is 844. The first-order valence-corrected chi connectivity index (χ1v) is 9.36. The van der Waals surface area contributed by atoms with Gasteiger partial charge in [-0.05, 0) is 38.5 Å². The van der Waals surface area contributed by atoms with E-state index in [1.54, 1.807) is 48.2 Å². The average Bonchev–Trinajstić information content (AvgIpc) is 2.68. The zero-order chi connectivity index (χ0) is 20.3. The van der Waals surface area contributed by atoms with E-state index < -0.39 is 12.8 Å². The molecule has 5 nitrogen and oxygen atoms in total. The fourth-order valence-electron chi connectivity index (χ4n) is 3.38. The van der Waals surface area contributed by atoms with E-state index in [1.165, 1.54) is 0 Å². The number of anilines is 1. The molecule has 1 aliphatic heterocycles.